The molecule has 2 N–H and O–H groups in total. The zero-order chi connectivity index (χ0) is 15.2. The zero-order valence-corrected chi connectivity index (χ0v) is 11.9. The van der Waals surface area contributed by atoms with Crippen molar-refractivity contribution in [2.75, 3.05) is 6.61 Å². The van der Waals surface area contributed by atoms with Crippen molar-refractivity contribution >= 4 is 0 Å². The van der Waals surface area contributed by atoms with Crippen LogP contribution >= 0.6 is 0 Å². The first kappa shape index (κ1) is 15.6. The molecule has 2 atom stereocenters. The Hall–Kier alpha value is -1.78. The van der Waals surface area contributed by atoms with Crippen molar-refractivity contribution in [3.63, 3.8) is 0 Å². The van der Waals surface area contributed by atoms with Gasteiger partial charge in [0.1, 0.15) is 11.6 Å². The van der Waals surface area contributed by atoms with Crippen LogP contribution in [0.25, 0.3) is 0 Å². The third-order valence-electron chi connectivity index (χ3n) is 3.46. The smallest absolute Gasteiger partial charge is 0.128 e. The number of hydrogen-bond donors (Lipinski definition) is 2. The number of hydrogen-bond acceptors (Lipinski definition) is 2. The maximum atomic E-state index is 13.7. The van der Waals surface area contributed by atoms with Gasteiger partial charge in [0.05, 0.1) is 6.61 Å². The van der Waals surface area contributed by atoms with Gasteiger partial charge in [0.15, 0.2) is 0 Å². The Kier molecular flexibility index (Phi) is 5.42. The molecule has 1 unspecified atom stereocenters. The minimum absolute atomic E-state index is 0.0732. The van der Waals surface area contributed by atoms with Crippen molar-refractivity contribution in [2.24, 2.45) is 0 Å². The van der Waals surface area contributed by atoms with E-state index in [9.17, 15) is 13.9 Å². The van der Waals surface area contributed by atoms with Crippen LogP contribution in [0, 0.1) is 11.6 Å². The van der Waals surface area contributed by atoms with Gasteiger partial charge in [-0.3, -0.25) is 0 Å². The van der Waals surface area contributed by atoms with E-state index in [1.807, 2.05) is 30.3 Å². The molecule has 0 heterocycles. The number of rotatable bonds is 6. The van der Waals surface area contributed by atoms with Crippen LogP contribution in [0.15, 0.2) is 48.5 Å². The first-order valence-corrected chi connectivity index (χ1v) is 6.96. The molecule has 0 spiro atoms. The maximum absolute atomic E-state index is 13.7. The third-order valence-corrected chi connectivity index (χ3v) is 3.46. The van der Waals surface area contributed by atoms with E-state index in [0.29, 0.717) is 6.42 Å². The molecule has 0 fully saturated rings. The van der Waals surface area contributed by atoms with E-state index in [4.69, 9.17) is 0 Å². The summed E-state index contributed by atoms with van der Waals surface area (Å²) >= 11 is 0. The monoisotopic (exact) mass is 291 g/mol. The Morgan fingerprint density at radius 3 is 2.48 bits per heavy atom. The van der Waals surface area contributed by atoms with Gasteiger partial charge < -0.3 is 10.4 Å². The van der Waals surface area contributed by atoms with Crippen molar-refractivity contribution in [1.29, 1.82) is 0 Å². The van der Waals surface area contributed by atoms with Crippen LogP contribution in [0.1, 0.15) is 24.1 Å². The lowest BCUT2D eigenvalue weighted by Crippen LogP contribution is -2.36. The summed E-state index contributed by atoms with van der Waals surface area (Å²) in [5, 5.41) is 12.6. The second kappa shape index (κ2) is 7.29. The quantitative estimate of drug-likeness (QED) is 0.856. The van der Waals surface area contributed by atoms with E-state index < -0.39 is 11.6 Å². The summed E-state index contributed by atoms with van der Waals surface area (Å²) in [5.74, 6) is -0.920. The van der Waals surface area contributed by atoms with Crippen LogP contribution in [-0.4, -0.2) is 17.8 Å². The van der Waals surface area contributed by atoms with Gasteiger partial charge in [0, 0.05) is 17.6 Å². The Morgan fingerprint density at radius 2 is 1.81 bits per heavy atom. The fourth-order valence-electron chi connectivity index (χ4n) is 2.36. The zero-order valence-electron chi connectivity index (χ0n) is 11.9. The molecule has 0 aromatic heterocycles. The Morgan fingerprint density at radius 1 is 1.10 bits per heavy atom. The predicted octanol–water partition coefficient (Wildman–Crippen LogP) is 3.22. The molecule has 0 saturated heterocycles. The molecule has 2 aromatic carbocycles. The van der Waals surface area contributed by atoms with Crippen LogP contribution in [-0.2, 0) is 6.42 Å². The van der Waals surface area contributed by atoms with Gasteiger partial charge in [-0.15, -0.1) is 0 Å². The summed E-state index contributed by atoms with van der Waals surface area (Å²) < 4.78 is 27.0. The normalized spacial score (nSPS) is 13.9. The average molecular weight is 291 g/mol. The van der Waals surface area contributed by atoms with E-state index in [1.54, 1.807) is 6.92 Å². The van der Waals surface area contributed by atoms with Crippen LogP contribution < -0.4 is 5.32 Å². The molecule has 0 bridgehead atoms. The Balaban J connectivity index is 2.05. The first-order chi connectivity index (χ1) is 10.1. The molecule has 0 amide bonds. The number of aliphatic hydroxyl groups excluding tert-OH is 1. The van der Waals surface area contributed by atoms with Crippen molar-refractivity contribution in [1.82, 2.24) is 5.32 Å². The second-order valence-electron chi connectivity index (χ2n) is 5.12. The van der Waals surface area contributed by atoms with Gasteiger partial charge in [-0.25, -0.2) is 8.78 Å². The molecular weight excluding hydrogens is 272 g/mol. The highest BCUT2D eigenvalue weighted by molar-refractivity contribution is 5.22. The van der Waals surface area contributed by atoms with Crippen molar-refractivity contribution in [3.8, 4) is 0 Å². The molecule has 2 rings (SSSR count). The first-order valence-electron chi connectivity index (χ1n) is 6.96. The largest absolute Gasteiger partial charge is 0.395 e. The summed E-state index contributed by atoms with van der Waals surface area (Å²) in [6.07, 6.45) is 0.624. The summed E-state index contributed by atoms with van der Waals surface area (Å²) in [5.41, 5.74) is 1.34. The fraction of sp³-hybridized carbons (Fsp3) is 0.294. The molecule has 2 aromatic rings. The van der Waals surface area contributed by atoms with Crippen molar-refractivity contribution in [3.05, 3.63) is 71.3 Å². The van der Waals surface area contributed by atoms with Gasteiger partial charge >= 0.3 is 0 Å². The fourth-order valence-corrected chi connectivity index (χ4v) is 2.36. The lowest BCUT2D eigenvalue weighted by molar-refractivity contribution is 0.232. The van der Waals surface area contributed by atoms with E-state index >= 15 is 0 Å². The van der Waals surface area contributed by atoms with Gasteiger partial charge in [0.25, 0.3) is 0 Å². The number of halogens is 2. The second-order valence-corrected chi connectivity index (χ2v) is 5.12. The molecule has 4 heteroatoms. The molecule has 0 aliphatic carbocycles. The molecule has 2 nitrogen and oxygen atoms in total. The van der Waals surface area contributed by atoms with Crippen LogP contribution in [0.2, 0.25) is 0 Å². The molecule has 0 saturated carbocycles. The van der Waals surface area contributed by atoms with Gasteiger partial charge in [-0.1, -0.05) is 30.3 Å². The summed E-state index contributed by atoms with van der Waals surface area (Å²) in [6.45, 7) is 1.68. The lowest BCUT2D eigenvalue weighted by atomic mass is 10.0. The molecule has 112 valence electrons. The minimum atomic E-state index is -0.469. The van der Waals surface area contributed by atoms with Crippen LogP contribution in [0.4, 0.5) is 8.78 Å². The van der Waals surface area contributed by atoms with Crippen molar-refractivity contribution < 1.29 is 13.9 Å². The Bertz CT molecular complexity index is 574. The molecule has 0 radical (unpaired) electrons. The third kappa shape index (κ3) is 4.34. The van der Waals surface area contributed by atoms with Gasteiger partial charge in [-0.2, -0.15) is 0 Å². The summed E-state index contributed by atoms with van der Waals surface area (Å²) in [4.78, 5) is 0. The van der Waals surface area contributed by atoms with Crippen molar-refractivity contribution in [2.45, 2.75) is 25.4 Å². The van der Waals surface area contributed by atoms with Crippen LogP contribution in [0.5, 0.6) is 0 Å². The van der Waals surface area contributed by atoms with Gasteiger partial charge in [-0.05, 0) is 37.1 Å². The summed E-state index contributed by atoms with van der Waals surface area (Å²) in [7, 11) is 0. The average Bonchev–Trinajstić information content (AvgIpc) is 2.50. The van der Waals surface area contributed by atoms with E-state index in [-0.39, 0.29) is 24.3 Å². The highest BCUT2D eigenvalue weighted by Gasteiger charge is 2.16. The predicted molar refractivity (Wildman–Crippen MR) is 78.9 cm³/mol. The Labute approximate surface area is 123 Å². The minimum Gasteiger partial charge on any atom is -0.395 e. The highest BCUT2D eigenvalue weighted by atomic mass is 19.1. The SMILES string of the molecule is CC(N[C@H](CO)Cc1ccccc1)c1cc(F)ccc1F. The van der Waals surface area contributed by atoms with E-state index in [1.165, 1.54) is 6.07 Å². The number of nitrogens with one attached hydrogen (secondary N) is 1. The summed E-state index contributed by atoms with van der Waals surface area (Å²) in [6, 6.07) is 12.5. The standard InChI is InChI=1S/C17H19F2NO/c1-12(16-10-14(18)7-8-17(16)19)20-15(11-21)9-13-5-3-2-4-6-13/h2-8,10,12,15,20-21H,9,11H2,1H3/t12?,15-/m0/s1. The topological polar surface area (TPSA) is 32.3 Å². The molecule has 0 aliphatic heterocycles. The van der Waals surface area contributed by atoms with E-state index in [0.717, 1.165) is 17.7 Å². The number of benzene rings is 2. The maximum Gasteiger partial charge on any atom is 0.128 e. The molecule has 21 heavy (non-hydrogen) atoms. The molecular formula is C17H19F2NO. The van der Waals surface area contributed by atoms with E-state index in [2.05, 4.69) is 5.32 Å². The number of aliphatic hydroxyl groups is 1. The van der Waals surface area contributed by atoms with Gasteiger partial charge in [0.2, 0.25) is 0 Å². The highest BCUT2D eigenvalue weighted by Crippen LogP contribution is 2.19. The molecule has 0 aliphatic rings. The van der Waals surface area contributed by atoms with Crippen LogP contribution in [0.3, 0.4) is 0 Å². The lowest BCUT2D eigenvalue weighted by Gasteiger charge is -2.22.